The Balaban J connectivity index is 1.76. The van der Waals surface area contributed by atoms with Crippen LogP contribution in [0.2, 0.25) is 0 Å². The molecule has 1 atom stereocenters. The lowest BCUT2D eigenvalue weighted by molar-refractivity contribution is -0.148. The number of aromatic nitrogens is 1. The molecule has 1 aromatic heterocycles. The van der Waals surface area contributed by atoms with Crippen LogP contribution >= 0.6 is 0 Å². The zero-order valence-corrected chi connectivity index (χ0v) is 16.3. The number of nitrogens with one attached hydrogen (secondary N) is 2. The van der Waals surface area contributed by atoms with Gasteiger partial charge < -0.3 is 5.11 Å². The van der Waals surface area contributed by atoms with Crippen LogP contribution in [0.4, 0.5) is 0 Å². The Morgan fingerprint density at radius 1 is 1.10 bits per heavy atom. The third kappa shape index (κ3) is 4.81. The minimum atomic E-state index is -1.13. The third-order valence-electron chi connectivity index (χ3n) is 5.72. The van der Waals surface area contributed by atoms with Crippen molar-refractivity contribution < 1.29 is 19.9 Å². The minimum Gasteiger partial charge on any atom is -0.480 e. The normalized spacial score (nSPS) is 16.3. The topological polar surface area (TPSA) is 112 Å². The smallest absolute Gasteiger partial charge is 0.328 e. The number of pyridine rings is 1. The largest absolute Gasteiger partial charge is 0.480 e. The van der Waals surface area contributed by atoms with Crippen molar-refractivity contribution in [2.24, 2.45) is 5.92 Å². The third-order valence-corrected chi connectivity index (χ3v) is 5.72. The van der Waals surface area contributed by atoms with Crippen molar-refractivity contribution in [2.75, 3.05) is 0 Å². The van der Waals surface area contributed by atoms with Crippen LogP contribution < -0.4 is 10.8 Å². The molecule has 7 nitrogen and oxygen atoms in total. The summed E-state index contributed by atoms with van der Waals surface area (Å²) in [4.78, 5) is 28.0. The number of hydrogen-bond acceptors (Lipinski definition) is 5. The van der Waals surface area contributed by atoms with Gasteiger partial charge in [0.1, 0.15) is 5.54 Å². The fraction of sp³-hybridized carbons (Fsp3) is 0.409. The Morgan fingerprint density at radius 3 is 2.41 bits per heavy atom. The molecule has 1 aromatic carbocycles. The van der Waals surface area contributed by atoms with E-state index in [4.69, 9.17) is 5.21 Å². The molecule has 0 radical (unpaired) electrons. The Kier molecular flexibility index (Phi) is 6.95. The van der Waals surface area contributed by atoms with Crippen molar-refractivity contribution in [2.45, 2.75) is 50.6 Å². The number of benzene rings is 1. The monoisotopic (exact) mass is 397 g/mol. The van der Waals surface area contributed by atoms with Gasteiger partial charge in [-0.1, -0.05) is 49.2 Å². The summed E-state index contributed by atoms with van der Waals surface area (Å²) in [5.74, 6) is -1.27. The first-order chi connectivity index (χ1) is 14.1. The second kappa shape index (κ2) is 9.62. The number of nitrogens with zero attached hydrogens (tertiary/aromatic N) is 1. The molecule has 0 saturated heterocycles. The van der Waals surface area contributed by atoms with E-state index >= 15 is 0 Å². The number of aryl methyl sites for hydroxylation is 1. The maximum absolute atomic E-state index is 12.5. The van der Waals surface area contributed by atoms with Gasteiger partial charge in [0.05, 0.1) is 0 Å². The first-order valence-corrected chi connectivity index (χ1v) is 9.97. The summed E-state index contributed by atoms with van der Waals surface area (Å²) < 4.78 is 0. The molecule has 1 aliphatic carbocycles. The lowest BCUT2D eigenvalue weighted by Gasteiger charge is -2.37. The highest BCUT2D eigenvalue weighted by Gasteiger charge is 2.47. The molecule has 0 bridgehead atoms. The molecular formula is C22H27N3O4. The molecular weight excluding hydrogens is 370 g/mol. The average molecular weight is 397 g/mol. The minimum absolute atomic E-state index is 0.0339. The highest BCUT2D eigenvalue weighted by molar-refractivity contribution is 5.81. The van der Waals surface area contributed by atoms with Crippen LogP contribution in [0.3, 0.4) is 0 Å². The van der Waals surface area contributed by atoms with Crippen LogP contribution in [-0.2, 0) is 28.1 Å². The van der Waals surface area contributed by atoms with Gasteiger partial charge in [-0.25, -0.2) is 10.3 Å². The number of carbonyl (C=O) groups is 2. The van der Waals surface area contributed by atoms with E-state index in [1.54, 1.807) is 11.7 Å². The van der Waals surface area contributed by atoms with Crippen molar-refractivity contribution in [3.63, 3.8) is 0 Å². The van der Waals surface area contributed by atoms with Crippen molar-refractivity contribution in [3.8, 4) is 0 Å². The van der Waals surface area contributed by atoms with E-state index in [9.17, 15) is 14.7 Å². The molecule has 0 unspecified atom stereocenters. The lowest BCUT2D eigenvalue weighted by atomic mass is 9.76. The van der Waals surface area contributed by atoms with Crippen LogP contribution in [0.1, 0.15) is 48.9 Å². The Morgan fingerprint density at radius 2 is 1.83 bits per heavy atom. The van der Waals surface area contributed by atoms with E-state index in [0.717, 1.165) is 42.5 Å². The second-order valence-electron chi connectivity index (χ2n) is 7.51. The van der Waals surface area contributed by atoms with Gasteiger partial charge in [0.25, 0.3) is 0 Å². The van der Waals surface area contributed by atoms with Gasteiger partial charge in [0, 0.05) is 24.9 Å². The van der Waals surface area contributed by atoms with E-state index in [2.05, 4.69) is 10.3 Å². The Bertz CT molecular complexity index is 820. The molecule has 1 amide bonds. The average Bonchev–Trinajstić information content (AvgIpc) is 3.29. The molecule has 2 aromatic rings. The predicted octanol–water partition coefficient (Wildman–Crippen LogP) is 2.78. The summed E-state index contributed by atoms with van der Waals surface area (Å²) in [6.45, 7) is 0.377. The summed E-state index contributed by atoms with van der Waals surface area (Å²) in [5.41, 5.74) is 2.86. The predicted molar refractivity (Wildman–Crippen MR) is 107 cm³/mol. The van der Waals surface area contributed by atoms with E-state index in [0.29, 0.717) is 13.0 Å². The molecule has 29 heavy (non-hydrogen) atoms. The molecule has 7 heteroatoms. The first-order valence-electron chi connectivity index (χ1n) is 9.97. The number of aliphatic carboxylic acids is 1. The van der Waals surface area contributed by atoms with E-state index in [-0.39, 0.29) is 12.3 Å². The van der Waals surface area contributed by atoms with E-state index in [1.807, 2.05) is 42.5 Å². The number of amides is 1. The van der Waals surface area contributed by atoms with E-state index in [1.165, 1.54) is 0 Å². The van der Waals surface area contributed by atoms with Gasteiger partial charge in [0.15, 0.2) is 0 Å². The molecule has 0 spiro atoms. The Hall–Kier alpha value is -2.77. The number of carboxylic acid groups (broad SMARTS) is 1. The van der Waals surface area contributed by atoms with Crippen LogP contribution in [0.5, 0.6) is 0 Å². The van der Waals surface area contributed by atoms with E-state index < -0.39 is 17.4 Å². The molecule has 1 fully saturated rings. The lowest BCUT2D eigenvalue weighted by Crippen LogP contribution is -2.53. The zero-order valence-electron chi connectivity index (χ0n) is 16.3. The summed E-state index contributed by atoms with van der Waals surface area (Å²) in [7, 11) is 0. The van der Waals surface area contributed by atoms with Gasteiger partial charge in [0.2, 0.25) is 5.91 Å². The van der Waals surface area contributed by atoms with Crippen molar-refractivity contribution in [1.29, 1.82) is 0 Å². The zero-order chi connectivity index (χ0) is 20.7. The van der Waals surface area contributed by atoms with Crippen molar-refractivity contribution in [1.82, 2.24) is 15.8 Å². The number of carboxylic acids is 1. The maximum Gasteiger partial charge on any atom is 0.328 e. The van der Waals surface area contributed by atoms with Crippen LogP contribution in [0.15, 0.2) is 48.7 Å². The van der Waals surface area contributed by atoms with Gasteiger partial charge in [-0.05, 0) is 42.4 Å². The fourth-order valence-electron chi connectivity index (χ4n) is 4.16. The number of carbonyl (C=O) groups excluding carboxylic acids is 1. The van der Waals surface area contributed by atoms with Gasteiger partial charge >= 0.3 is 5.97 Å². The van der Waals surface area contributed by atoms with Gasteiger partial charge in [-0.2, -0.15) is 0 Å². The standard InChI is InChI=1S/C22H27N3O4/c26-20(25-29)13-12-19-11-10-16(14-23-19)15-24-22(21(27)28,18-8-4-5-9-18)17-6-2-1-3-7-17/h1-3,6-7,10-11,14,18,24,29H,4-5,8-9,12-13,15H2,(H,25,26)(H,27,28)/t22-/m1/s1. The molecule has 3 rings (SSSR count). The SMILES string of the molecule is O=C(CCc1ccc(CN[C@](C(=O)O)(c2ccccc2)C2CCCC2)cn1)NO. The summed E-state index contributed by atoms with van der Waals surface area (Å²) in [6, 6.07) is 13.1. The highest BCUT2D eigenvalue weighted by atomic mass is 16.5. The number of rotatable bonds is 9. The van der Waals surface area contributed by atoms with Gasteiger partial charge in [-0.15, -0.1) is 0 Å². The molecule has 4 N–H and O–H groups in total. The van der Waals surface area contributed by atoms with Crippen LogP contribution in [0, 0.1) is 5.92 Å². The quantitative estimate of drug-likeness (QED) is 0.382. The molecule has 154 valence electrons. The molecule has 0 aliphatic heterocycles. The van der Waals surface area contributed by atoms with Crippen LogP contribution in [0.25, 0.3) is 0 Å². The molecule has 1 aliphatic rings. The summed E-state index contributed by atoms with van der Waals surface area (Å²) in [5, 5.41) is 22.2. The maximum atomic E-state index is 12.5. The molecule has 1 saturated carbocycles. The second-order valence-corrected chi connectivity index (χ2v) is 7.51. The number of hydrogen-bond donors (Lipinski definition) is 4. The first kappa shape index (κ1) is 21.0. The summed E-state index contributed by atoms with van der Waals surface area (Å²) in [6.07, 6.45) is 6.14. The Labute approximate surface area is 170 Å². The van der Waals surface area contributed by atoms with Crippen molar-refractivity contribution >= 4 is 11.9 Å². The summed E-state index contributed by atoms with van der Waals surface area (Å²) >= 11 is 0. The highest BCUT2D eigenvalue weighted by Crippen LogP contribution is 2.41. The fourth-order valence-corrected chi connectivity index (χ4v) is 4.16. The van der Waals surface area contributed by atoms with Gasteiger partial charge in [-0.3, -0.25) is 20.3 Å². The molecule has 1 heterocycles. The van der Waals surface area contributed by atoms with Crippen molar-refractivity contribution in [3.05, 3.63) is 65.5 Å². The van der Waals surface area contributed by atoms with Crippen LogP contribution in [-0.4, -0.2) is 27.2 Å². The number of hydroxylamine groups is 1.